The number of nitrogens with one attached hydrogen (secondary N) is 2. The molecule has 24 heavy (non-hydrogen) atoms. The maximum Gasteiger partial charge on any atom is 0.305 e. The molecular formula is C15H27N3O6. The van der Waals surface area contributed by atoms with E-state index in [1.807, 2.05) is 0 Å². The van der Waals surface area contributed by atoms with Gasteiger partial charge in [-0.1, -0.05) is 0 Å². The van der Waals surface area contributed by atoms with Crippen molar-refractivity contribution in [1.82, 2.24) is 10.6 Å². The van der Waals surface area contributed by atoms with Crippen LogP contribution in [0.15, 0.2) is 0 Å². The molecule has 9 nitrogen and oxygen atoms in total. The number of nitrogens with two attached hydrogens (primary N) is 1. The van der Waals surface area contributed by atoms with E-state index < -0.39 is 35.8 Å². The van der Waals surface area contributed by atoms with Gasteiger partial charge in [0.1, 0.15) is 6.04 Å². The van der Waals surface area contributed by atoms with Gasteiger partial charge in [-0.3, -0.25) is 19.2 Å². The lowest BCUT2D eigenvalue weighted by molar-refractivity contribution is -0.144. The van der Waals surface area contributed by atoms with Crippen LogP contribution in [0, 0.1) is 0 Å². The Morgan fingerprint density at radius 1 is 0.917 bits per heavy atom. The minimum Gasteiger partial charge on any atom is -0.466 e. The molecule has 0 heterocycles. The van der Waals surface area contributed by atoms with Gasteiger partial charge >= 0.3 is 11.9 Å². The number of carbonyl (C=O) groups is 4. The fraction of sp³-hybridized carbons (Fsp3) is 0.733. The lowest BCUT2D eigenvalue weighted by atomic mass is 10.1. The van der Waals surface area contributed by atoms with E-state index in [9.17, 15) is 19.2 Å². The molecule has 4 N–H and O–H groups in total. The van der Waals surface area contributed by atoms with Crippen LogP contribution in [0.1, 0.15) is 39.5 Å². The highest BCUT2D eigenvalue weighted by molar-refractivity contribution is 5.90. The van der Waals surface area contributed by atoms with E-state index in [-0.39, 0.29) is 38.9 Å². The van der Waals surface area contributed by atoms with E-state index in [1.165, 1.54) is 7.05 Å². The van der Waals surface area contributed by atoms with Crippen LogP contribution in [-0.4, -0.2) is 56.1 Å². The Kier molecular flexibility index (Phi) is 11.2. The number of hydrogen-bond donors (Lipinski definition) is 3. The highest BCUT2D eigenvalue weighted by Gasteiger charge is 2.24. The van der Waals surface area contributed by atoms with Crippen LogP contribution < -0.4 is 16.4 Å². The second kappa shape index (κ2) is 12.3. The van der Waals surface area contributed by atoms with Crippen molar-refractivity contribution >= 4 is 23.8 Å². The van der Waals surface area contributed by atoms with Gasteiger partial charge in [-0.25, -0.2) is 0 Å². The van der Waals surface area contributed by atoms with Crippen molar-refractivity contribution in [2.75, 3.05) is 20.3 Å². The van der Waals surface area contributed by atoms with E-state index in [4.69, 9.17) is 15.2 Å². The third-order valence-corrected chi connectivity index (χ3v) is 3.12. The summed E-state index contributed by atoms with van der Waals surface area (Å²) in [5, 5.41) is 4.90. The minimum atomic E-state index is -0.954. The SMILES string of the molecule is CCOC(=O)CCC(N)C(=O)NC(CCC(=O)OCC)C(=O)NC. The first-order chi connectivity index (χ1) is 11.3. The topological polar surface area (TPSA) is 137 Å². The average Bonchev–Trinajstić information content (AvgIpc) is 2.55. The highest BCUT2D eigenvalue weighted by Crippen LogP contribution is 2.03. The monoisotopic (exact) mass is 345 g/mol. The normalized spacial score (nSPS) is 12.7. The number of likely N-dealkylation sites (N-methyl/N-ethyl adjacent to an activating group) is 1. The van der Waals surface area contributed by atoms with Crippen LogP contribution in [0.2, 0.25) is 0 Å². The molecule has 0 fully saturated rings. The summed E-state index contributed by atoms with van der Waals surface area (Å²) < 4.78 is 9.54. The van der Waals surface area contributed by atoms with Gasteiger partial charge in [0.25, 0.3) is 0 Å². The maximum absolute atomic E-state index is 12.0. The molecule has 0 rings (SSSR count). The van der Waals surface area contributed by atoms with Gasteiger partial charge < -0.3 is 25.8 Å². The molecular weight excluding hydrogens is 318 g/mol. The zero-order chi connectivity index (χ0) is 18.5. The maximum atomic E-state index is 12.0. The van der Waals surface area contributed by atoms with Crippen molar-refractivity contribution in [2.24, 2.45) is 5.73 Å². The van der Waals surface area contributed by atoms with Crippen molar-refractivity contribution in [3.63, 3.8) is 0 Å². The van der Waals surface area contributed by atoms with Crippen LogP contribution in [0.5, 0.6) is 0 Å². The highest BCUT2D eigenvalue weighted by atomic mass is 16.5. The Morgan fingerprint density at radius 2 is 1.42 bits per heavy atom. The second-order valence-electron chi connectivity index (χ2n) is 4.97. The molecule has 2 unspecified atom stereocenters. The third kappa shape index (κ3) is 9.09. The first kappa shape index (κ1) is 21.8. The summed E-state index contributed by atoms with van der Waals surface area (Å²) in [7, 11) is 1.42. The molecule has 0 radical (unpaired) electrons. The summed E-state index contributed by atoms with van der Waals surface area (Å²) in [6, 6.07) is -1.86. The van der Waals surface area contributed by atoms with Gasteiger partial charge in [0.05, 0.1) is 19.3 Å². The molecule has 9 heteroatoms. The quantitative estimate of drug-likeness (QED) is 0.418. The molecule has 138 valence electrons. The van der Waals surface area contributed by atoms with Gasteiger partial charge in [-0.15, -0.1) is 0 Å². The Morgan fingerprint density at radius 3 is 1.88 bits per heavy atom. The second-order valence-corrected chi connectivity index (χ2v) is 4.97. The summed E-state index contributed by atoms with van der Waals surface area (Å²) >= 11 is 0. The lowest BCUT2D eigenvalue weighted by Crippen LogP contribution is -2.51. The fourth-order valence-corrected chi connectivity index (χ4v) is 1.85. The number of carbonyl (C=O) groups excluding carboxylic acids is 4. The molecule has 0 aromatic rings. The van der Waals surface area contributed by atoms with Crippen LogP contribution in [0.4, 0.5) is 0 Å². The molecule has 0 aliphatic carbocycles. The smallest absolute Gasteiger partial charge is 0.305 e. The summed E-state index contributed by atoms with van der Waals surface area (Å²) in [5.41, 5.74) is 5.71. The Labute approximate surface area is 141 Å². The number of esters is 2. The van der Waals surface area contributed by atoms with Crippen molar-refractivity contribution in [1.29, 1.82) is 0 Å². The Hall–Kier alpha value is -2.16. The third-order valence-electron chi connectivity index (χ3n) is 3.12. The van der Waals surface area contributed by atoms with Crippen molar-refractivity contribution in [3.8, 4) is 0 Å². The minimum absolute atomic E-state index is 0.00965. The zero-order valence-electron chi connectivity index (χ0n) is 14.4. The van der Waals surface area contributed by atoms with Crippen LogP contribution in [-0.2, 0) is 28.7 Å². The lowest BCUT2D eigenvalue weighted by Gasteiger charge is -2.19. The summed E-state index contributed by atoms with van der Waals surface area (Å²) in [6.07, 6.45) is 0.192. The summed E-state index contributed by atoms with van der Waals surface area (Å²) in [5.74, 6) is -1.90. The summed E-state index contributed by atoms with van der Waals surface area (Å²) in [6.45, 7) is 3.86. The zero-order valence-corrected chi connectivity index (χ0v) is 14.4. The van der Waals surface area contributed by atoms with Crippen molar-refractivity contribution < 1.29 is 28.7 Å². The largest absolute Gasteiger partial charge is 0.466 e. The molecule has 0 aliphatic heterocycles. The predicted octanol–water partition coefficient (Wildman–Crippen LogP) is -0.769. The van der Waals surface area contributed by atoms with Crippen LogP contribution in [0.3, 0.4) is 0 Å². The van der Waals surface area contributed by atoms with Crippen LogP contribution >= 0.6 is 0 Å². The van der Waals surface area contributed by atoms with Gasteiger partial charge in [-0.05, 0) is 26.7 Å². The van der Waals surface area contributed by atoms with E-state index in [1.54, 1.807) is 13.8 Å². The molecule has 0 saturated carbocycles. The number of hydrogen-bond acceptors (Lipinski definition) is 7. The summed E-state index contributed by atoms with van der Waals surface area (Å²) in [4.78, 5) is 46.5. The van der Waals surface area contributed by atoms with Gasteiger partial charge in [0, 0.05) is 19.9 Å². The van der Waals surface area contributed by atoms with Crippen molar-refractivity contribution in [2.45, 2.75) is 51.6 Å². The molecule has 0 aromatic carbocycles. The van der Waals surface area contributed by atoms with Gasteiger partial charge in [0.15, 0.2) is 0 Å². The first-order valence-corrected chi connectivity index (χ1v) is 7.94. The van der Waals surface area contributed by atoms with Gasteiger partial charge in [0.2, 0.25) is 11.8 Å². The average molecular weight is 345 g/mol. The van der Waals surface area contributed by atoms with E-state index in [0.717, 1.165) is 0 Å². The molecule has 0 bridgehead atoms. The van der Waals surface area contributed by atoms with Crippen molar-refractivity contribution in [3.05, 3.63) is 0 Å². The molecule has 0 aromatic heterocycles. The Balaban J connectivity index is 4.49. The van der Waals surface area contributed by atoms with Gasteiger partial charge in [-0.2, -0.15) is 0 Å². The fourth-order valence-electron chi connectivity index (χ4n) is 1.85. The number of amides is 2. The molecule has 0 spiro atoms. The Bertz CT molecular complexity index is 441. The number of rotatable bonds is 11. The predicted molar refractivity (Wildman–Crippen MR) is 85.7 cm³/mol. The molecule has 2 amide bonds. The van der Waals surface area contributed by atoms with Crippen LogP contribution in [0.25, 0.3) is 0 Å². The standard InChI is InChI=1S/C15H27N3O6/c1-4-23-12(19)8-6-10(16)14(21)18-11(15(22)17-3)7-9-13(20)24-5-2/h10-11H,4-9,16H2,1-3H3,(H,17,22)(H,18,21). The van der Waals surface area contributed by atoms with E-state index in [0.29, 0.717) is 0 Å². The molecule has 2 atom stereocenters. The van der Waals surface area contributed by atoms with E-state index >= 15 is 0 Å². The molecule has 0 saturated heterocycles. The number of ether oxygens (including phenoxy) is 2. The van der Waals surface area contributed by atoms with E-state index in [2.05, 4.69) is 10.6 Å². The first-order valence-electron chi connectivity index (χ1n) is 7.94. The molecule has 0 aliphatic rings.